The molecule has 15 heteroatoms. The molecule has 0 aliphatic rings. The van der Waals surface area contributed by atoms with Crippen LogP contribution in [0.1, 0.15) is 51.9 Å². The van der Waals surface area contributed by atoms with E-state index in [9.17, 15) is 31.3 Å². The highest BCUT2D eigenvalue weighted by atomic mass is 31.2. The zero-order valence-electron chi connectivity index (χ0n) is 20.1. The Hall–Kier alpha value is -2.57. The third kappa shape index (κ3) is 7.97. The molecule has 0 spiro atoms. The van der Waals surface area contributed by atoms with Gasteiger partial charge < -0.3 is 23.0 Å². The number of nitrogens with zero attached hydrogens (tertiary/aromatic N) is 2. The van der Waals surface area contributed by atoms with Gasteiger partial charge in [0.2, 0.25) is 11.7 Å². The van der Waals surface area contributed by atoms with Crippen LogP contribution in [0.4, 0.5) is 22.0 Å². The van der Waals surface area contributed by atoms with E-state index in [0.29, 0.717) is 24.3 Å². The van der Waals surface area contributed by atoms with E-state index >= 15 is 0 Å². The van der Waals surface area contributed by atoms with Crippen molar-refractivity contribution in [2.24, 2.45) is 0 Å². The van der Waals surface area contributed by atoms with Crippen LogP contribution in [0.5, 0.6) is 5.75 Å². The van der Waals surface area contributed by atoms with E-state index in [2.05, 4.69) is 14.9 Å². The molecule has 0 radical (unpaired) electrons. The number of benzene rings is 1. The van der Waals surface area contributed by atoms with Gasteiger partial charge >= 0.3 is 25.8 Å². The first kappa shape index (κ1) is 29.7. The Morgan fingerprint density at radius 2 is 1.58 bits per heavy atom. The molecule has 0 saturated carbocycles. The van der Waals surface area contributed by atoms with Gasteiger partial charge in [-0.25, -0.2) is 0 Å². The monoisotopic (exact) mass is 544 g/mol. The predicted molar refractivity (Wildman–Crippen MR) is 115 cm³/mol. The van der Waals surface area contributed by atoms with E-state index in [0.717, 1.165) is 0 Å². The van der Waals surface area contributed by atoms with Crippen LogP contribution in [0.25, 0.3) is 0 Å². The molecule has 2 aromatic rings. The lowest BCUT2D eigenvalue weighted by molar-refractivity contribution is -0.274. The molecule has 0 bridgehead atoms. The van der Waals surface area contributed by atoms with Crippen molar-refractivity contribution in [3.8, 4) is 5.75 Å². The van der Waals surface area contributed by atoms with Gasteiger partial charge in [-0.2, -0.15) is 13.8 Å². The molecule has 0 fully saturated rings. The van der Waals surface area contributed by atoms with Crippen LogP contribution >= 0.6 is 7.60 Å². The average molecular weight is 544 g/mol. The van der Waals surface area contributed by atoms with Crippen LogP contribution in [-0.4, -0.2) is 46.9 Å². The van der Waals surface area contributed by atoms with Crippen molar-refractivity contribution in [2.75, 3.05) is 13.2 Å². The van der Waals surface area contributed by atoms with Crippen LogP contribution in [0, 0.1) is 0 Å². The average Bonchev–Trinajstić information content (AvgIpc) is 3.20. The van der Waals surface area contributed by atoms with Gasteiger partial charge in [-0.05, 0) is 58.9 Å². The molecule has 1 aromatic heterocycles. The minimum Gasteiger partial charge on any atom is -0.459 e. The molecule has 0 N–H and O–H groups in total. The quantitative estimate of drug-likeness (QED) is 0.202. The highest BCUT2D eigenvalue weighted by Gasteiger charge is 2.46. The summed E-state index contributed by atoms with van der Waals surface area (Å²) in [5, 5.41) is 3.24. The lowest BCUT2D eigenvalue weighted by Crippen LogP contribution is -2.34. The summed E-state index contributed by atoms with van der Waals surface area (Å²) in [6.45, 7) is 7.60. The molecule has 0 amide bonds. The minimum absolute atomic E-state index is 0.0855. The van der Waals surface area contributed by atoms with Crippen molar-refractivity contribution in [2.45, 2.75) is 64.6 Å². The van der Waals surface area contributed by atoms with E-state index < -0.39 is 66.6 Å². The van der Waals surface area contributed by atoms with Crippen LogP contribution in [0.15, 0.2) is 28.8 Å². The maximum absolute atomic E-state index is 14.9. The number of esters is 1. The third-order valence-corrected chi connectivity index (χ3v) is 6.64. The second-order valence-corrected chi connectivity index (χ2v) is 10.5. The number of alkyl halides is 5. The molecule has 9 nitrogen and oxygen atoms in total. The highest BCUT2D eigenvalue weighted by molar-refractivity contribution is 7.55. The summed E-state index contributed by atoms with van der Waals surface area (Å²) in [6, 6.07) is 2.82. The number of ether oxygens (including phenoxy) is 2. The predicted octanol–water partition coefficient (Wildman–Crippen LogP) is 5.63. The number of hydrogen-bond acceptors (Lipinski definition) is 9. The fourth-order valence-electron chi connectivity index (χ4n) is 2.90. The van der Waals surface area contributed by atoms with Gasteiger partial charge in [0.25, 0.3) is 0 Å². The van der Waals surface area contributed by atoms with Crippen LogP contribution < -0.4 is 4.74 Å². The Kier molecular flexibility index (Phi) is 9.25. The molecular formula is C21H26F5N2O7P. The van der Waals surface area contributed by atoms with E-state index in [-0.39, 0.29) is 13.2 Å². The molecular weight excluding hydrogens is 518 g/mol. The second kappa shape index (κ2) is 11.2. The van der Waals surface area contributed by atoms with Crippen molar-refractivity contribution in [3.63, 3.8) is 0 Å². The summed E-state index contributed by atoms with van der Waals surface area (Å²) >= 11 is 0. The lowest BCUT2D eigenvalue weighted by Gasteiger charge is -2.27. The fraction of sp³-hybridized carbons (Fsp3) is 0.571. The summed E-state index contributed by atoms with van der Waals surface area (Å²) in [6.07, 6.45) is -5.59. The Balaban J connectivity index is 2.34. The smallest absolute Gasteiger partial charge is 0.459 e. The molecule has 0 aliphatic carbocycles. The summed E-state index contributed by atoms with van der Waals surface area (Å²) < 4.78 is 104. The number of carbonyl (C=O) groups excluding carboxylic acids is 1. The third-order valence-electron chi connectivity index (χ3n) is 4.25. The SMILES string of the molecule is CCOP(=O)(OCC)C(Cc1nc(C(F)(F)c2ccc(OC(F)(F)F)cc2)no1)C(=O)OC(C)(C)C. The number of aromatic nitrogens is 2. The molecule has 0 saturated heterocycles. The van der Waals surface area contributed by atoms with Crippen molar-refractivity contribution >= 4 is 13.6 Å². The van der Waals surface area contributed by atoms with Crippen LogP contribution in [0.3, 0.4) is 0 Å². The Labute approximate surface area is 203 Å². The Morgan fingerprint density at radius 1 is 1.03 bits per heavy atom. The van der Waals surface area contributed by atoms with Gasteiger partial charge in [0.05, 0.1) is 19.6 Å². The Morgan fingerprint density at radius 3 is 2.06 bits per heavy atom. The molecule has 0 aliphatic heterocycles. The van der Waals surface area contributed by atoms with Crippen molar-refractivity contribution in [1.29, 1.82) is 0 Å². The molecule has 1 heterocycles. The summed E-state index contributed by atoms with van der Waals surface area (Å²) in [4.78, 5) is 16.4. The summed E-state index contributed by atoms with van der Waals surface area (Å²) in [7, 11) is -4.15. The van der Waals surface area contributed by atoms with E-state index in [1.807, 2.05) is 0 Å². The normalized spacial score (nSPS) is 13.9. The van der Waals surface area contributed by atoms with Crippen molar-refractivity contribution < 1.29 is 54.4 Å². The summed E-state index contributed by atoms with van der Waals surface area (Å²) in [5.41, 5.74) is -3.33. The fourth-order valence-corrected chi connectivity index (χ4v) is 4.74. The van der Waals surface area contributed by atoms with Crippen LogP contribution in [-0.2, 0) is 35.5 Å². The first-order chi connectivity index (χ1) is 16.5. The van der Waals surface area contributed by atoms with Crippen molar-refractivity contribution in [1.82, 2.24) is 10.1 Å². The zero-order chi connectivity index (χ0) is 27.4. The Bertz CT molecular complexity index is 1060. The van der Waals surface area contributed by atoms with Crippen LogP contribution in [0.2, 0.25) is 0 Å². The second-order valence-electron chi connectivity index (χ2n) is 8.29. The first-order valence-electron chi connectivity index (χ1n) is 10.7. The molecule has 1 unspecified atom stereocenters. The lowest BCUT2D eigenvalue weighted by atomic mass is 10.1. The molecule has 1 atom stereocenters. The molecule has 202 valence electrons. The zero-order valence-corrected chi connectivity index (χ0v) is 21.0. The van der Waals surface area contributed by atoms with Crippen molar-refractivity contribution in [3.05, 3.63) is 41.5 Å². The minimum atomic E-state index is -4.99. The van der Waals surface area contributed by atoms with E-state index in [1.54, 1.807) is 20.8 Å². The van der Waals surface area contributed by atoms with Gasteiger partial charge in [-0.1, -0.05) is 5.16 Å². The van der Waals surface area contributed by atoms with Gasteiger partial charge in [-0.15, -0.1) is 13.2 Å². The topological polar surface area (TPSA) is 110 Å². The number of hydrogen-bond donors (Lipinski definition) is 0. The maximum Gasteiger partial charge on any atom is 0.573 e. The van der Waals surface area contributed by atoms with E-state index in [1.165, 1.54) is 13.8 Å². The number of halogens is 5. The first-order valence-corrected chi connectivity index (χ1v) is 12.3. The highest BCUT2D eigenvalue weighted by Crippen LogP contribution is 2.54. The maximum atomic E-state index is 14.9. The number of rotatable bonds is 11. The van der Waals surface area contributed by atoms with E-state index in [4.69, 9.17) is 18.3 Å². The summed E-state index contributed by atoms with van der Waals surface area (Å²) in [5.74, 6) is -7.19. The van der Waals surface area contributed by atoms with Gasteiger partial charge in [0, 0.05) is 5.56 Å². The van der Waals surface area contributed by atoms with Gasteiger partial charge in [-0.3, -0.25) is 9.36 Å². The molecule has 1 aromatic carbocycles. The molecule has 36 heavy (non-hydrogen) atoms. The number of carbonyl (C=O) groups is 1. The van der Waals surface area contributed by atoms with Gasteiger partial charge in [0.15, 0.2) is 5.66 Å². The molecule has 2 rings (SSSR count). The standard InChI is InChI=1S/C21H26F5N2O7P/c1-6-31-36(30,32-7-2)15(17(29)34-19(3,4)5)12-16-27-18(28-35-16)20(22,23)13-8-10-14(11-9-13)33-21(24,25)26/h8-11,15H,6-7,12H2,1-5H3. The largest absolute Gasteiger partial charge is 0.573 e. The van der Waals surface area contributed by atoms with Gasteiger partial charge in [0.1, 0.15) is 11.4 Å².